The van der Waals surface area contributed by atoms with Gasteiger partial charge in [0.15, 0.2) is 5.58 Å². The minimum atomic E-state index is -0.775. The molecular formula is C29H34N4O6. The number of aromatic nitrogens is 2. The minimum Gasteiger partial charge on any atom is -0.492 e. The van der Waals surface area contributed by atoms with Crippen LogP contribution in [0.2, 0.25) is 0 Å². The number of methoxy groups -OCH3 is 1. The maximum atomic E-state index is 11.4. The summed E-state index contributed by atoms with van der Waals surface area (Å²) in [6.45, 7) is 7.83. The molecule has 2 aromatic carbocycles. The van der Waals surface area contributed by atoms with Crippen LogP contribution in [0, 0.1) is 0 Å². The molecule has 10 heteroatoms. The van der Waals surface area contributed by atoms with Gasteiger partial charge in [-0.25, -0.2) is 4.79 Å². The number of piperidine rings is 1. The predicted octanol–water partition coefficient (Wildman–Crippen LogP) is 5.64. The number of carbonyl (C=O) groups excluding carboxylic acids is 1. The van der Waals surface area contributed by atoms with Crippen molar-refractivity contribution < 1.29 is 28.2 Å². The third-order valence-electron chi connectivity index (χ3n) is 6.61. The lowest BCUT2D eigenvalue weighted by Crippen LogP contribution is -2.38. The molecule has 1 aliphatic rings. The smallest absolute Gasteiger partial charge is 0.492 e. The van der Waals surface area contributed by atoms with E-state index in [9.17, 15) is 4.79 Å². The summed E-state index contributed by atoms with van der Waals surface area (Å²) in [5.41, 5.74) is 3.31. The number of rotatable bonds is 10. The fourth-order valence-electron chi connectivity index (χ4n) is 4.84. The van der Waals surface area contributed by atoms with Crippen LogP contribution in [0.1, 0.15) is 32.3 Å². The summed E-state index contributed by atoms with van der Waals surface area (Å²) >= 11 is 0. The quantitative estimate of drug-likeness (QED) is 0.205. The van der Waals surface area contributed by atoms with Gasteiger partial charge in [0.2, 0.25) is 0 Å². The van der Waals surface area contributed by atoms with Crippen LogP contribution in [0.5, 0.6) is 17.2 Å². The average Bonchev–Trinajstić information content (AvgIpc) is 3.60. The van der Waals surface area contributed by atoms with E-state index in [1.807, 2.05) is 42.9 Å². The molecule has 1 N–H and O–H groups in total. The van der Waals surface area contributed by atoms with Gasteiger partial charge in [-0.05, 0) is 68.7 Å². The zero-order valence-electron chi connectivity index (χ0n) is 22.5. The first-order chi connectivity index (χ1) is 19.1. The summed E-state index contributed by atoms with van der Waals surface area (Å²) in [6.07, 6.45) is 5.14. The molecular weight excluding hydrogens is 500 g/mol. The first-order valence-corrected chi connectivity index (χ1v) is 13.3. The Morgan fingerprint density at radius 1 is 1.05 bits per heavy atom. The molecule has 0 spiro atoms. The number of hydrogen-bond donors (Lipinski definition) is 1. The molecule has 0 unspecified atom stereocenters. The Morgan fingerprint density at radius 2 is 1.74 bits per heavy atom. The Morgan fingerprint density at radius 3 is 2.38 bits per heavy atom. The van der Waals surface area contributed by atoms with E-state index in [1.54, 1.807) is 18.2 Å². The molecule has 10 nitrogen and oxygen atoms in total. The molecule has 0 amide bonds. The molecule has 3 heterocycles. The molecule has 0 bridgehead atoms. The van der Waals surface area contributed by atoms with Crippen LogP contribution in [0.3, 0.4) is 0 Å². The number of nitrogens with one attached hydrogen (secondary N) is 1. The van der Waals surface area contributed by atoms with Crippen LogP contribution in [0.15, 0.2) is 59.3 Å². The van der Waals surface area contributed by atoms with Crippen molar-refractivity contribution in [3.8, 4) is 22.9 Å². The number of nitrogens with zero attached hydrogens (tertiary/aromatic N) is 3. The van der Waals surface area contributed by atoms with E-state index in [0.717, 1.165) is 55.2 Å². The second-order valence-electron chi connectivity index (χ2n) is 9.30. The molecule has 0 atom stereocenters. The standard InChI is InChI=1S/C29H34N4O6/c1-4-36-25-16-20(17-26(37-5-2)27(25)33-12-6-7-13-33)19-32-14-10-21(11-15-32)30-28-31-23-18-22(38-29(34)35-3)8-9-24(23)39-28/h6-9,12-13,16-18,21H,4-5,10-11,14-15,19H2,1-3H3,(H,30,31). The molecule has 0 aliphatic carbocycles. The van der Waals surface area contributed by atoms with Crippen molar-refractivity contribution in [1.29, 1.82) is 0 Å². The zero-order chi connectivity index (χ0) is 27.2. The van der Waals surface area contributed by atoms with E-state index in [-0.39, 0.29) is 6.04 Å². The third kappa shape index (κ3) is 6.28. The SMILES string of the molecule is CCOc1cc(CN2CCC(Nc3nc4cc(OC(=O)OC)ccc4o3)CC2)cc(OCC)c1-n1cccc1. The first kappa shape index (κ1) is 26.4. The van der Waals surface area contributed by atoms with Crippen molar-refractivity contribution in [2.24, 2.45) is 0 Å². The number of benzene rings is 2. The second kappa shape index (κ2) is 12.1. The van der Waals surface area contributed by atoms with E-state index in [1.165, 1.54) is 7.11 Å². The van der Waals surface area contributed by atoms with Crippen LogP contribution in [0.4, 0.5) is 10.8 Å². The fraction of sp³-hybridized carbons (Fsp3) is 0.379. The molecule has 1 saturated heterocycles. The van der Waals surface area contributed by atoms with E-state index in [0.29, 0.717) is 36.1 Å². The number of likely N-dealkylation sites (tertiary alicyclic amines) is 1. The molecule has 0 saturated carbocycles. The third-order valence-corrected chi connectivity index (χ3v) is 6.61. The van der Waals surface area contributed by atoms with E-state index in [2.05, 4.69) is 32.1 Å². The van der Waals surface area contributed by atoms with Crippen LogP contribution >= 0.6 is 0 Å². The topological polar surface area (TPSA) is 100 Å². The van der Waals surface area contributed by atoms with Gasteiger partial charge in [-0.1, -0.05) is 0 Å². The Kier molecular flexibility index (Phi) is 8.21. The van der Waals surface area contributed by atoms with Crippen LogP contribution in [-0.4, -0.2) is 60.1 Å². The minimum absolute atomic E-state index is 0.245. The molecule has 1 aliphatic heterocycles. The highest BCUT2D eigenvalue weighted by Gasteiger charge is 2.23. The molecule has 5 rings (SSSR count). The van der Waals surface area contributed by atoms with Crippen molar-refractivity contribution in [2.45, 2.75) is 39.3 Å². The van der Waals surface area contributed by atoms with E-state index < -0.39 is 6.16 Å². The molecule has 1 fully saturated rings. The van der Waals surface area contributed by atoms with Gasteiger partial charge in [0.25, 0.3) is 6.01 Å². The highest BCUT2D eigenvalue weighted by atomic mass is 16.7. The predicted molar refractivity (Wildman–Crippen MR) is 147 cm³/mol. The van der Waals surface area contributed by atoms with Crippen LogP contribution < -0.4 is 19.5 Å². The lowest BCUT2D eigenvalue weighted by Gasteiger charge is -2.32. The molecule has 39 heavy (non-hydrogen) atoms. The summed E-state index contributed by atoms with van der Waals surface area (Å²) in [5.74, 6) is 1.99. The number of anilines is 1. The number of fused-ring (bicyclic) bond motifs is 1. The largest absolute Gasteiger partial charge is 0.513 e. The number of oxazole rings is 1. The molecule has 4 aromatic rings. The van der Waals surface area contributed by atoms with Crippen molar-refractivity contribution in [3.63, 3.8) is 0 Å². The fourth-order valence-corrected chi connectivity index (χ4v) is 4.84. The lowest BCUT2D eigenvalue weighted by molar-refractivity contribution is 0.121. The van der Waals surface area contributed by atoms with Gasteiger partial charge in [-0.15, -0.1) is 0 Å². The number of carbonyl (C=O) groups is 1. The van der Waals surface area contributed by atoms with Crippen molar-refractivity contribution in [3.05, 3.63) is 60.4 Å². The molecule has 2 aromatic heterocycles. The number of hydrogen-bond acceptors (Lipinski definition) is 9. The van der Waals surface area contributed by atoms with Crippen molar-refractivity contribution in [1.82, 2.24) is 14.5 Å². The Balaban J connectivity index is 1.22. The zero-order valence-corrected chi connectivity index (χ0v) is 22.5. The van der Waals surface area contributed by atoms with Gasteiger partial charge in [0.1, 0.15) is 28.5 Å². The summed E-state index contributed by atoms with van der Waals surface area (Å²) < 4.78 is 29.6. The molecule has 206 valence electrons. The Bertz CT molecular complexity index is 1370. The summed E-state index contributed by atoms with van der Waals surface area (Å²) in [6, 6.07) is 14.0. The van der Waals surface area contributed by atoms with Crippen molar-refractivity contribution >= 4 is 23.3 Å². The average molecular weight is 535 g/mol. The van der Waals surface area contributed by atoms with Gasteiger partial charge >= 0.3 is 6.16 Å². The lowest BCUT2D eigenvalue weighted by atomic mass is 10.0. The van der Waals surface area contributed by atoms with Gasteiger partial charge < -0.3 is 33.2 Å². The summed E-state index contributed by atoms with van der Waals surface area (Å²) in [7, 11) is 1.27. The van der Waals surface area contributed by atoms with Gasteiger partial charge in [-0.2, -0.15) is 4.98 Å². The number of ether oxygens (including phenoxy) is 4. The van der Waals surface area contributed by atoms with Crippen molar-refractivity contribution in [2.75, 3.05) is 38.7 Å². The van der Waals surface area contributed by atoms with E-state index >= 15 is 0 Å². The second-order valence-corrected chi connectivity index (χ2v) is 9.30. The summed E-state index contributed by atoms with van der Waals surface area (Å²) in [5, 5.41) is 3.42. The maximum Gasteiger partial charge on any atom is 0.513 e. The first-order valence-electron chi connectivity index (χ1n) is 13.3. The van der Waals surface area contributed by atoms with Gasteiger partial charge in [-0.3, -0.25) is 4.90 Å². The molecule has 0 radical (unpaired) electrons. The highest BCUT2D eigenvalue weighted by molar-refractivity contribution is 5.77. The van der Waals surface area contributed by atoms with Gasteiger partial charge in [0, 0.05) is 44.1 Å². The van der Waals surface area contributed by atoms with Gasteiger partial charge in [0.05, 0.1) is 20.3 Å². The summed E-state index contributed by atoms with van der Waals surface area (Å²) in [4.78, 5) is 18.3. The maximum absolute atomic E-state index is 11.4. The normalized spacial score (nSPS) is 14.3. The Hall–Kier alpha value is -4.18. The van der Waals surface area contributed by atoms with Crippen LogP contribution in [0.25, 0.3) is 16.8 Å². The Labute approximate surface area is 227 Å². The highest BCUT2D eigenvalue weighted by Crippen LogP contribution is 2.35. The monoisotopic (exact) mass is 534 g/mol. The van der Waals surface area contributed by atoms with Crippen LogP contribution in [-0.2, 0) is 11.3 Å². The van der Waals surface area contributed by atoms with E-state index in [4.69, 9.17) is 18.6 Å².